The highest BCUT2D eigenvalue weighted by Crippen LogP contribution is 2.52. The van der Waals surface area contributed by atoms with Crippen molar-refractivity contribution in [1.82, 2.24) is 0 Å². The zero-order valence-corrected chi connectivity index (χ0v) is 13.6. The summed E-state index contributed by atoms with van der Waals surface area (Å²) < 4.78 is 21.8. The van der Waals surface area contributed by atoms with Crippen LogP contribution in [0.25, 0.3) is 0 Å². The minimum Gasteiger partial charge on any atom is -0.385 e. The summed E-state index contributed by atoms with van der Waals surface area (Å²) >= 11 is 0. The Morgan fingerprint density at radius 2 is 1.68 bits per heavy atom. The Bertz CT molecular complexity index is 276. The van der Waals surface area contributed by atoms with E-state index >= 15 is 0 Å². The van der Waals surface area contributed by atoms with E-state index in [0.717, 1.165) is 19.3 Å². The Balaban J connectivity index is 0.000000408. The summed E-state index contributed by atoms with van der Waals surface area (Å²) in [6.07, 6.45) is 3.76. The summed E-state index contributed by atoms with van der Waals surface area (Å²) in [5, 5.41) is 10.6. The molecule has 3 aliphatic rings. The summed E-state index contributed by atoms with van der Waals surface area (Å²) in [6, 6.07) is 0. The second-order valence-corrected chi connectivity index (χ2v) is 6.99. The zero-order valence-electron chi connectivity index (χ0n) is 11.6. The van der Waals surface area contributed by atoms with Crippen LogP contribution in [0.1, 0.15) is 39.5 Å². The molecule has 1 spiro atoms. The molecule has 2 aliphatic heterocycles. The van der Waals surface area contributed by atoms with Gasteiger partial charge in [0.25, 0.3) is 0 Å². The fourth-order valence-corrected chi connectivity index (χ4v) is 4.64. The molecule has 1 N–H and O–H groups in total. The Kier molecular flexibility index (Phi) is 5.98. The van der Waals surface area contributed by atoms with Crippen LogP contribution in [0.4, 0.5) is 0 Å². The third kappa shape index (κ3) is 3.47. The quantitative estimate of drug-likeness (QED) is 0.697. The first kappa shape index (κ1) is 16.0. The Morgan fingerprint density at radius 1 is 1.05 bits per heavy atom. The van der Waals surface area contributed by atoms with E-state index in [1.54, 1.807) is 0 Å². The third-order valence-electron chi connectivity index (χ3n) is 3.71. The van der Waals surface area contributed by atoms with Gasteiger partial charge in [-0.2, -0.15) is 0 Å². The highest BCUT2D eigenvalue weighted by atomic mass is 31.1. The van der Waals surface area contributed by atoms with E-state index in [4.69, 9.17) is 18.1 Å². The molecule has 2 saturated heterocycles. The van der Waals surface area contributed by atoms with Gasteiger partial charge in [0.05, 0.1) is 19.8 Å². The van der Waals surface area contributed by atoms with Gasteiger partial charge in [-0.1, -0.05) is 20.3 Å². The Morgan fingerprint density at radius 3 is 2.37 bits per heavy atom. The largest absolute Gasteiger partial charge is 0.385 e. The second-order valence-electron chi connectivity index (χ2n) is 5.56. The van der Waals surface area contributed by atoms with Crippen LogP contribution in [0.3, 0.4) is 0 Å². The molecule has 1 saturated carbocycles. The maximum Gasteiger partial charge on any atom is 0.155 e. The molecule has 7 heteroatoms. The van der Waals surface area contributed by atoms with Crippen molar-refractivity contribution in [3.8, 4) is 0 Å². The predicted octanol–water partition coefficient (Wildman–Crippen LogP) is 2.78. The molecule has 0 aromatic carbocycles. The van der Waals surface area contributed by atoms with Crippen LogP contribution in [-0.4, -0.2) is 36.6 Å². The van der Waals surface area contributed by atoms with Crippen molar-refractivity contribution in [2.45, 2.75) is 51.2 Å². The maximum absolute atomic E-state index is 10.6. The average Bonchev–Trinajstić information content (AvgIpc) is 2.40. The molecule has 1 aliphatic carbocycles. The van der Waals surface area contributed by atoms with Gasteiger partial charge in [-0.25, -0.2) is 0 Å². The van der Waals surface area contributed by atoms with Crippen LogP contribution in [0.5, 0.6) is 0 Å². The van der Waals surface area contributed by atoms with E-state index in [2.05, 4.69) is 13.8 Å². The highest BCUT2D eigenvalue weighted by Gasteiger charge is 2.57. The molecular weight excluding hydrogens is 286 g/mol. The number of rotatable bonds is 0. The molecule has 0 radical (unpaired) electrons. The van der Waals surface area contributed by atoms with E-state index in [-0.39, 0.29) is 29.6 Å². The normalized spacial score (nSPS) is 44.7. The molecule has 0 aromatic rings. The smallest absolute Gasteiger partial charge is 0.155 e. The third-order valence-corrected chi connectivity index (χ3v) is 4.83. The van der Waals surface area contributed by atoms with Crippen molar-refractivity contribution in [3.63, 3.8) is 0 Å². The monoisotopic (exact) mass is 310 g/mol. The molecule has 0 amide bonds. The first-order valence-corrected chi connectivity index (χ1v) is 8.53. The minimum atomic E-state index is -0.851. The Hall–Kier alpha value is 0.660. The summed E-state index contributed by atoms with van der Waals surface area (Å²) in [7, 11) is 0.148. The average molecular weight is 310 g/mol. The molecule has 3 fully saturated rings. The number of hydrogen-bond acceptors (Lipinski definition) is 5. The van der Waals surface area contributed by atoms with Crippen LogP contribution < -0.4 is 0 Å². The van der Waals surface area contributed by atoms with E-state index < -0.39 is 5.60 Å². The van der Waals surface area contributed by atoms with Gasteiger partial charge in [-0.3, -0.25) is 0 Å². The summed E-state index contributed by atoms with van der Waals surface area (Å²) in [6.45, 7) is 5.88. The number of fused-ring (bicyclic) bond motifs is 2. The maximum atomic E-state index is 10.6. The topological polar surface area (TPSA) is 57.2 Å². The molecule has 19 heavy (non-hydrogen) atoms. The minimum absolute atomic E-state index is 0.0219. The molecule has 2 heterocycles. The van der Waals surface area contributed by atoms with E-state index in [0.29, 0.717) is 19.8 Å². The fraction of sp³-hybridized carbons (Fsp3) is 1.00. The standard InChI is InChI=1S/C9H16O5P2.C3H8/c10-9-3-1-2-8(4-11-15-12-5-8)7(9)14-16-13-6-9;1-3-2/h7,10,15-16H,1-6H2;3H2,1-2H3. The van der Waals surface area contributed by atoms with Gasteiger partial charge in [0.2, 0.25) is 0 Å². The van der Waals surface area contributed by atoms with Crippen molar-refractivity contribution >= 4 is 18.1 Å². The summed E-state index contributed by atoms with van der Waals surface area (Å²) in [4.78, 5) is 0. The number of aliphatic hydroxyl groups is 1. The van der Waals surface area contributed by atoms with E-state index in [1.165, 1.54) is 6.42 Å². The van der Waals surface area contributed by atoms with Crippen LogP contribution >= 0.6 is 18.1 Å². The van der Waals surface area contributed by atoms with Crippen LogP contribution in [0.2, 0.25) is 0 Å². The van der Waals surface area contributed by atoms with Crippen molar-refractivity contribution in [3.05, 3.63) is 0 Å². The molecule has 0 bridgehead atoms. The molecule has 0 aromatic heterocycles. The number of hydrogen-bond donors (Lipinski definition) is 1. The Labute approximate surface area is 118 Å². The van der Waals surface area contributed by atoms with Gasteiger partial charge < -0.3 is 23.2 Å². The molecule has 3 rings (SSSR count). The first-order valence-electron chi connectivity index (χ1n) is 6.90. The molecule has 3 unspecified atom stereocenters. The van der Waals surface area contributed by atoms with Gasteiger partial charge >= 0.3 is 0 Å². The van der Waals surface area contributed by atoms with Crippen molar-refractivity contribution < 1.29 is 23.2 Å². The molecular formula is C12H24O5P2. The van der Waals surface area contributed by atoms with Crippen LogP contribution in [-0.2, 0) is 18.1 Å². The lowest BCUT2D eigenvalue weighted by Crippen LogP contribution is -2.62. The van der Waals surface area contributed by atoms with Crippen LogP contribution in [0.15, 0.2) is 0 Å². The molecule has 5 nitrogen and oxygen atoms in total. The van der Waals surface area contributed by atoms with E-state index in [9.17, 15) is 5.11 Å². The lowest BCUT2D eigenvalue weighted by Gasteiger charge is -2.53. The fourth-order valence-electron chi connectivity index (χ4n) is 2.92. The molecule has 112 valence electrons. The van der Waals surface area contributed by atoms with Gasteiger partial charge in [0, 0.05) is 5.41 Å². The lowest BCUT2D eigenvalue weighted by molar-refractivity contribution is -0.202. The first-order chi connectivity index (χ1) is 9.17. The second kappa shape index (κ2) is 7.09. The van der Waals surface area contributed by atoms with E-state index in [1.807, 2.05) is 0 Å². The van der Waals surface area contributed by atoms with Gasteiger partial charge in [-0.05, 0) is 19.3 Å². The lowest BCUT2D eigenvalue weighted by atomic mass is 9.66. The van der Waals surface area contributed by atoms with Gasteiger partial charge in [0.15, 0.2) is 18.1 Å². The van der Waals surface area contributed by atoms with Crippen molar-refractivity contribution in [2.24, 2.45) is 5.41 Å². The van der Waals surface area contributed by atoms with Gasteiger partial charge in [0.1, 0.15) is 11.7 Å². The zero-order chi connectivity index (χ0) is 13.8. The SMILES string of the molecule is CCC.OC12CCCC3(COPOC3)C1OPOC2. The van der Waals surface area contributed by atoms with Crippen molar-refractivity contribution in [1.29, 1.82) is 0 Å². The van der Waals surface area contributed by atoms with Crippen molar-refractivity contribution in [2.75, 3.05) is 19.8 Å². The predicted molar refractivity (Wildman–Crippen MR) is 76.6 cm³/mol. The molecule has 3 atom stereocenters. The van der Waals surface area contributed by atoms with Gasteiger partial charge in [-0.15, -0.1) is 0 Å². The highest BCUT2D eigenvalue weighted by molar-refractivity contribution is 7.26. The summed E-state index contributed by atoms with van der Waals surface area (Å²) in [5.74, 6) is 0. The van der Waals surface area contributed by atoms with Crippen LogP contribution in [0, 0.1) is 5.41 Å². The summed E-state index contributed by atoms with van der Waals surface area (Å²) in [5.41, 5.74) is -1.02.